The minimum atomic E-state index is -0.228. The fourth-order valence-corrected chi connectivity index (χ4v) is 5.44. The summed E-state index contributed by atoms with van der Waals surface area (Å²) >= 11 is 4.50. The Balaban J connectivity index is 1.54. The Morgan fingerprint density at radius 2 is 2.19 bits per heavy atom. The molecule has 1 aromatic heterocycles. The van der Waals surface area contributed by atoms with E-state index in [-0.39, 0.29) is 24.7 Å². The highest BCUT2D eigenvalue weighted by Crippen LogP contribution is 2.35. The van der Waals surface area contributed by atoms with Gasteiger partial charge in [-0.3, -0.25) is 9.59 Å². The van der Waals surface area contributed by atoms with Crippen molar-refractivity contribution in [1.82, 2.24) is 4.98 Å². The number of nitrogens with zero attached hydrogens (tertiary/aromatic N) is 3. The Kier molecular flexibility index (Phi) is 6.77. The first kappa shape index (κ1) is 19.7. The number of hydrogen-bond acceptors (Lipinski definition) is 7. The molecule has 0 bridgehead atoms. The number of fused-ring (bicyclic) bond motifs is 1. The first-order chi connectivity index (χ1) is 13.1. The van der Waals surface area contributed by atoms with E-state index in [1.54, 1.807) is 16.7 Å². The molecule has 27 heavy (non-hydrogen) atoms. The highest BCUT2D eigenvalue weighted by molar-refractivity contribution is 8.01. The molecule has 1 aromatic carbocycles. The van der Waals surface area contributed by atoms with Crippen LogP contribution >= 0.6 is 34.9 Å². The average molecular weight is 419 g/mol. The van der Waals surface area contributed by atoms with Crippen molar-refractivity contribution >= 4 is 57.5 Å². The van der Waals surface area contributed by atoms with Crippen LogP contribution in [0.1, 0.15) is 18.5 Å². The maximum atomic E-state index is 12.6. The second-order valence-corrected chi connectivity index (χ2v) is 9.13. The lowest BCUT2D eigenvalue weighted by Gasteiger charge is -2.28. The SMILES string of the molecule is Cc1nc(NC(=O)CCC(=O)N2CCSc3ccccc32)sc1SCC#N. The first-order valence-electron chi connectivity index (χ1n) is 8.37. The summed E-state index contributed by atoms with van der Waals surface area (Å²) in [6.45, 7) is 2.51. The largest absolute Gasteiger partial charge is 0.310 e. The van der Waals surface area contributed by atoms with Gasteiger partial charge in [-0.25, -0.2) is 4.98 Å². The van der Waals surface area contributed by atoms with E-state index in [1.165, 1.54) is 23.1 Å². The van der Waals surface area contributed by atoms with Gasteiger partial charge < -0.3 is 10.2 Å². The third-order valence-electron chi connectivity index (χ3n) is 3.86. The van der Waals surface area contributed by atoms with E-state index in [0.717, 1.165) is 26.2 Å². The van der Waals surface area contributed by atoms with Crippen molar-refractivity contribution in [3.63, 3.8) is 0 Å². The highest BCUT2D eigenvalue weighted by atomic mass is 32.2. The van der Waals surface area contributed by atoms with Crippen molar-refractivity contribution in [3.8, 4) is 6.07 Å². The summed E-state index contributed by atoms with van der Waals surface area (Å²) in [5.41, 5.74) is 1.72. The number of thiazole rings is 1. The fraction of sp³-hybridized carbons (Fsp3) is 0.333. The van der Waals surface area contributed by atoms with Crippen LogP contribution in [0.25, 0.3) is 0 Å². The van der Waals surface area contributed by atoms with Crippen molar-refractivity contribution in [1.29, 1.82) is 5.26 Å². The molecule has 0 saturated carbocycles. The van der Waals surface area contributed by atoms with E-state index >= 15 is 0 Å². The topological polar surface area (TPSA) is 86.1 Å². The Morgan fingerprint density at radius 3 is 3.00 bits per heavy atom. The van der Waals surface area contributed by atoms with Gasteiger partial charge in [0.2, 0.25) is 11.8 Å². The molecule has 6 nitrogen and oxygen atoms in total. The van der Waals surface area contributed by atoms with Gasteiger partial charge in [-0.2, -0.15) is 5.26 Å². The van der Waals surface area contributed by atoms with Crippen molar-refractivity contribution < 1.29 is 9.59 Å². The summed E-state index contributed by atoms with van der Waals surface area (Å²) in [7, 11) is 0. The molecule has 0 atom stereocenters. The number of anilines is 2. The number of nitrogens with one attached hydrogen (secondary N) is 1. The molecule has 2 amide bonds. The minimum Gasteiger partial charge on any atom is -0.310 e. The van der Waals surface area contributed by atoms with E-state index in [4.69, 9.17) is 5.26 Å². The third kappa shape index (κ3) is 5.03. The number of aryl methyl sites for hydroxylation is 1. The zero-order valence-electron chi connectivity index (χ0n) is 14.7. The fourth-order valence-electron chi connectivity index (χ4n) is 2.63. The van der Waals surface area contributed by atoms with Gasteiger partial charge in [0.1, 0.15) is 0 Å². The molecule has 2 heterocycles. The summed E-state index contributed by atoms with van der Waals surface area (Å²) < 4.78 is 0.922. The Morgan fingerprint density at radius 1 is 1.37 bits per heavy atom. The predicted molar refractivity (Wildman–Crippen MR) is 111 cm³/mol. The molecule has 1 aliphatic rings. The number of benzene rings is 1. The van der Waals surface area contributed by atoms with Crippen LogP contribution in [0.15, 0.2) is 33.4 Å². The number of rotatable bonds is 6. The second-order valence-electron chi connectivity index (χ2n) is 5.75. The van der Waals surface area contributed by atoms with Gasteiger partial charge in [-0.15, -0.1) is 11.8 Å². The lowest BCUT2D eigenvalue weighted by atomic mass is 10.2. The molecular weight excluding hydrogens is 400 g/mol. The molecule has 2 aromatic rings. The molecule has 1 N–H and O–H groups in total. The second kappa shape index (κ2) is 9.26. The van der Waals surface area contributed by atoms with Crippen LogP contribution in [0.3, 0.4) is 0 Å². The van der Waals surface area contributed by atoms with Crippen LogP contribution in [-0.4, -0.2) is 34.8 Å². The summed E-state index contributed by atoms with van der Waals surface area (Å²) in [5.74, 6) is 0.934. The summed E-state index contributed by atoms with van der Waals surface area (Å²) in [6.07, 6.45) is 0.273. The number of thioether (sulfide) groups is 2. The zero-order chi connectivity index (χ0) is 19.2. The molecule has 1 aliphatic heterocycles. The van der Waals surface area contributed by atoms with Gasteiger partial charge >= 0.3 is 0 Å². The predicted octanol–water partition coefficient (Wildman–Crippen LogP) is 3.92. The first-order valence-corrected chi connectivity index (χ1v) is 11.2. The van der Waals surface area contributed by atoms with Crippen LogP contribution in [0.2, 0.25) is 0 Å². The molecule has 0 saturated heterocycles. The van der Waals surface area contributed by atoms with E-state index in [9.17, 15) is 9.59 Å². The maximum absolute atomic E-state index is 12.6. The monoisotopic (exact) mass is 418 g/mol. The van der Waals surface area contributed by atoms with Crippen molar-refractivity contribution in [2.75, 3.05) is 28.3 Å². The molecule has 0 aliphatic carbocycles. The number of carbonyl (C=O) groups is 2. The number of amides is 2. The van der Waals surface area contributed by atoms with Crippen LogP contribution in [0.4, 0.5) is 10.8 Å². The normalized spacial score (nSPS) is 13.0. The van der Waals surface area contributed by atoms with E-state index < -0.39 is 0 Å². The molecular formula is C18H18N4O2S3. The summed E-state index contributed by atoms with van der Waals surface area (Å²) in [6, 6.07) is 9.92. The highest BCUT2D eigenvalue weighted by Gasteiger charge is 2.23. The lowest BCUT2D eigenvalue weighted by Crippen LogP contribution is -2.35. The molecule has 140 valence electrons. The number of para-hydroxylation sites is 1. The number of carbonyl (C=O) groups excluding carboxylic acids is 2. The maximum Gasteiger partial charge on any atom is 0.227 e. The number of hydrogen-bond donors (Lipinski definition) is 1. The molecule has 0 radical (unpaired) electrons. The van der Waals surface area contributed by atoms with Crippen LogP contribution < -0.4 is 10.2 Å². The molecule has 0 unspecified atom stereocenters. The van der Waals surface area contributed by atoms with Gasteiger partial charge in [0.15, 0.2) is 5.13 Å². The third-order valence-corrected chi connectivity index (χ3v) is 7.21. The number of aromatic nitrogens is 1. The van der Waals surface area contributed by atoms with Gasteiger partial charge in [0.05, 0.1) is 27.4 Å². The Labute approximate surface area is 170 Å². The van der Waals surface area contributed by atoms with Gasteiger partial charge in [0.25, 0.3) is 0 Å². The van der Waals surface area contributed by atoms with E-state index in [2.05, 4.69) is 16.4 Å². The molecule has 0 spiro atoms. The zero-order valence-corrected chi connectivity index (χ0v) is 17.2. The van der Waals surface area contributed by atoms with Gasteiger partial charge in [-0.1, -0.05) is 35.2 Å². The van der Waals surface area contributed by atoms with Crippen LogP contribution in [0, 0.1) is 18.3 Å². The van der Waals surface area contributed by atoms with Crippen molar-refractivity contribution in [2.45, 2.75) is 28.9 Å². The smallest absolute Gasteiger partial charge is 0.227 e. The lowest BCUT2D eigenvalue weighted by molar-refractivity contribution is -0.122. The van der Waals surface area contributed by atoms with E-state index in [0.29, 0.717) is 17.4 Å². The van der Waals surface area contributed by atoms with Crippen LogP contribution in [-0.2, 0) is 9.59 Å². The Bertz CT molecular complexity index is 891. The minimum absolute atomic E-state index is 0.0431. The standard InChI is InChI=1S/C18H18N4O2S3/c1-12-17(26-10-8-19)27-18(20-12)21-15(23)6-7-16(24)22-9-11-25-14-5-3-2-4-13(14)22/h2-5H,6-7,9-11H2,1H3,(H,20,21,23). The van der Waals surface area contributed by atoms with Gasteiger partial charge in [-0.05, 0) is 19.1 Å². The van der Waals surface area contributed by atoms with E-state index in [1.807, 2.05) is 31.2 Å². The Hall–Kier alpha value is -2.02. The summed E-state index contributed by atoms with van der Waals surface area (Å²) in [5, 5.41) is 11.9. The van der Waals surface area contributed by atoms with Crippen LogP contribution in [0.5, 0.6) is 0 Å². The quantitative estimate of drug-likeness (QED) is 0.716. The molecule has 9 heteroatoms. The van der Waals surface area contributed by atoms with Gasteiger partial charge in [0, 0.05) is 30.0 Å². The average Bonchev–Trinajstić information content (AvgIpc) is 3.02. The van der Waals surface area contributed by atoms with Crippen molar-refractivity contribution in [2.24, 2.45) is 0 Å². The molecule has 3 rings (SSSR count). The van der Waals surface area contributed by atoms with Crippen molar-refractivity contribution in [3.05, 3.63) is 30.0 Å². The molecule has 0 fully saturated rings. The summed E-state index contributed by atoms with van der Waals surface area (Å²) in [4.78, 5) is 32.0. The number of nitriles is 1.